The first-order chi connectivity index (χ1) is 7.36. The Kier molecular flexibility index (Phi) is 1.76. The summed E-state index contributed by atoms with van der Waals surface area (Å²) in [5, 5.41) is 2.89. The third-order valence-electron chi connectivity index (χ3n) is 2.29. The molecule has 3 heterocycles. The molecule has 0 aliphatic heterocycles. The minimum atomic E-state index is 0.759. The Hall–Kier alpha value is -1.81. The van der Waals surface area contributed by atoms with E-state index in [0.717, 1.165) is 27.2 Å². The van der Waals surface area contributed by atoms with Crippen LogP contribution in [0.2, 0.25) is 0 Å². The van der Waals surface area contributed by atoms with E-state index < -0.39 is 0 Å². The van der Waals surface area contributed by atoms with Crippen LogP contribution >= 0.6 is 11.3 Å². The van der Waals surface area contributed by atoms with Crippen LogP contribution in [0.3, 0.4) is 0 Å². The van der Waals surface area contributed by atoms with Crippen molar-refractivity contribution in [3.63, 3.8) is 0 Å². The summed E-state index contributed by atoms with van der Waals surface area (Å²) in [7, 11) is 0. The number of anilines is 1. The maximum absolute atomic E-state index is 5.91. The second kappa shape index (κ2) is 3.10. The van der Waals surface area contributed by atoms with Crippen molar-refractivity contribution in [3.8, 4) is 11.3 Å². The van der Waals surface area contributed by atoms with E-state index in [9.17, 15) is 0 Å². The lowest BCUT2D eigenvalue weighted by Gasteiger charge is -1.99. The zero-order valence-corrected chi connectivity index (χ0v) is 8.62. The third kappa shape index (κ3) is 1.22. The van der Waals surface area contributed by atoms with E-state index in [2.05, 4.69) is 4.98 Å². The highest BCUT2D eigenvalue weighted by molar-refractivity contribution is 7.17. The lowest BCUT2D eigenvalue weighted by molar-refractivity contribution is 0.583. The summed E-state index contributed by atoms with van der Waals surface area (Å²) in [6.07, 6.45) is 3.43. The molecule has 0 fully saturated rings. The number of furan rings is 1. The summed E-state index contributed by atoms with van der Waals surface area (Å²) < 4.78 is 5.37. The standard InChI is InChI=1S/C11H8N2OS/c12-8-6-15-11-10(8)7(3-4-13-11)9-2-1-5-14-9/h1-6H,12H2. The fraction of sp³-hybridized carbons (Fsp3) is 0. The lowest BCUT2D eigenvalue weighted by Crippen LogP contribution is -1.84. The van der Waals surface area contributed by atoms with Gasteiger partial charge >= 0.3 is 0 Å². The quantitative estimate of drug-likeness (QED) is 0.679. The van der Waals surface area contributed by atoms with Gasteiger partial charge in [-0.05, 0) is 18.2 Å². The van der Waals surface area contributed by atoms with Crippen LogP contribution in [-0.4, -0.2) is 4.98 Å². The Morgan fingerprint density at radius 2 is 2.27 bits per heavy atom. The van der Waals surface area contributed by atoms with Crippen molar-refractivity contribution >= 4 is 27.2 Å². The number of nitrogens with zero attached hydrogens (tertiary/aromatic N) is 1. The zero-order valence-electron chi connectivity index (χ0n) is 7.81. The number of rotatable bonds is 1. The van der Waals surface area contributed by atoms with Gasteiger partial charge in [-0.15, -0.1) is 11.3 Å². The highest BCUT2D eigenvalue weighted by Crippen LogP contribution is 2.35. The zero-order chi connectivity index (χ0) is 10.3. The Balaban J connectivity index is 2.39. The molecule has 4 heteroatoms. The van der Waals surface area contributed by atoms with Gasteiger partial charge in [0.2, 0.25) is 0 Å². The Bertz CT molecular complexity index is 598. The largest absolute Gasteiger partial charge is 0.464 e. The molecule has 0 bridgehead atoms. The second-order valence-corrected chi connectivity index (χ2v) is 4.07. The van der Waals surface area contributed by atoms with E-state index >= 15 is 0 Å². The van der Waals surface area contributed by atoms with E-state index in [-0.39, 0.29) is 0 Å². The van der Waals surface area contributed by atoms with Crippen LogP contribution in [0.15, 0.2) is 40.5 Å². The summed E-state index contributed by atoms with van der Waals surface area (Å²) in [6, 6.07) is 5.71. The van der Waals surface area contributed by atoms with Gasteiger partial charge in [-0.3, -0.25) is 0 Å². The molecule has 3 nitrogen and oxygen atoms in total. The van der Waals surface area contributed by atoms with Crippen LogP contribution in [0.25, 0.3) is 21.5 Å². The van der Waals surface area contributed by atoms with Crippen LogP contribution in [0.5, 0.6) is 0 Å². The number of fused-ring (bicyclic) bond motifs is 1. The first-order valence-electron chi connectivity index (χ1n) is 4.52. The minimum absolute atomic E-state index is 0.759. The van der Waals surface area contributed by atoms with E-state index in [0.29, 0.717) is 0 Å². The molecule has 0 aliphatic carbocycles. The van der Waals surface area contributed by atoms with Crippen LogP contribution in [0.4, 0.5) is 5.69 Å². The Morgan fingerprint density at radius 3 is 3.07 bits per heavy atom. The summed E-state index contributed by atoms with van der Waals surface area (Å²) >= 11 is 1.55. The van der Waals surface area contributed by atoms with Gasteiger partial charge in [0.25, 0.3) is 0 Å². The molecule has 0 saturated heterocycles. The van der Waals surface area contributed by atoms with Crippen molar-refractivity contribution in [1.82, 2.24) is 4.98 Å². The van der Waals surface area contributed by atoms with Crippen molar-refractivity contribution in [1.29, 1.82) is 0 Å². The van der Waals surface area contributed by atoms with Crippen LogP contribution < -0.4 is 5.73 Å². The number of hydrogen-bond acceptors (Lipinski definition) is 4. The summed E-state index contributed by atoms with van der Waals surface area (Å²) in [6.45, 7) is 0. The Labute approximate surface area is 90.2 Å². The van der Waals surface area contributed by atoms with E-state index in [1.54, 1.807) is 23.8 Å². The SMILES string of the molecule is Nc1csc2nccc(-c3ccco3)c12. The highest BCUT2D eigenvalue weighted by atomic mass is 32.1. The van der Waals surface area contributed by atoms with Gasteiger partial charge in [0, 0.05) is 22.5 Å². The average molecular weight is 216 g/mol. The molecule has 0 unspecified atom stereocenters. The van der Waals surface area contributed by atoms with Crippen molar-refractivity contribution in [2.24, 2.45) is 0 Å². The summed E-state index contributed by atoms with van der Waals surface area (Å²) in [5.74, 6) is 0.826. The third-order valence-corrected chi connectivity index (χ3v) is 3.19. The van der Waals surface area contributed by atoms with Gasteiger partial charge in [-0.1, -0.05) is 0 Å². The van der Waals surface area contributed by atoms with Gasteiger partial charge in [-0.25, -0.2) is 4.98 Å². The molecule has 0 aromatic carbocycles. The number of thiophene rings is 1. The van der Waals surface area contributed by atoms with Gasteiger partial charge in [-0.2, -0.15) is 0 Å². The Morgan fingerprint density at radius 1 is 1.33 bits per heavy atom. The molecule has 0 amide bonds. The van der Waals surface area contributed by atoms with E-state index in [1.165, 1.54) is 0 Å². The molecule has 3 aromatic rings. The monoisotopic (exact) mass is 216 g/mol. The van der Waals surface area contributed by atoms with Crippen molar-refractivity contribution < 1.29 is 4.42 Å². The second-order valence-electron chi connectivity index (χ2n) is 3.21. The fourth-order valence-corrected chi connectivity index (χ4v) is 2.45. The summed E-state index contributed by atoms with van der Waals surface area (Å²) in [5.41, 5.74) is 7.67. The fourth-order valence-electron chi connectivity index (χ4n) is 1.63. The average Bonchev–Trinajstić information content (AvgIpc) is 2.88. The van der Waals surface area contributed by atoms with Crippen LogP contribution in [0, 0.1) is 0 Å². The smallest absolute Gasteiger partial charge is 0.134 e. The maximum Gasteiger partial charge on any atom is 0.134 e. The van der Waals surface area contributed by atoms with Gasteiger partial charge in [0.1, 0.15) is 10.6 Å². The first kappa shape index (κ1) is 8.49. The number of pyridine rings is 1. The number of aromatic nitrogens is 1. The molecule has 0 radical (unpaired) electrons. The molecule has 0 spiro atoms. The van der Waals surface area contributed by atoms with Crippen molar-refractivity contribution in [2.75, 3.05) is 5.73 Å². The minimum Gasteiger partial charge on any atom is -0.464 e. The van der Waals surface area contributed by atoms with E-state index in [4.69, 9.17) is 10.2 Å². The topological polar surface area (TPSA) is 52.0 Å². The van der Waals surface area contributed by atoms with E-state index in [1.807, 2.05) is 23.6 Å². The maximum atomic E-state index is 5.91. The molecule has 15 heavy (non-hydrogen) atoms. The molecular formula is C11H8N2OS. The molecule has 3 rings (SSSR count). The predicted molar refractivity (Wildman–Crippen MR) is 61.7 cm³/mol. The molecule has 74 valence electrons. The molecule has 0 saturated carbocycles. The van der Waals surface area contributed by atoms with Gasteiger partial charge in [0.05, 0.1) is 12.0 Å². The van der Waals surface area contributed by atoms with Gasteiger partial charge in [0.15, 0.2) is 0 Å². The molecule has 3 aromatic heterocycles. The van der Waals surface area contributed by atoms with Crippen LogP contribution in [-0.2, 0) is 0 Å². The molecule has 2 N–H and O–H groups in total. The predicted octanol–water partition coefficient (Wildman–Crippen LogP) is 3.14. The number of hydrogen-bond donors (Lipinski definition) is 1. The number of nitrogen functional groups attached to an aromatic ring is 1. The van der Waals surface area contributed by atoms with Crippen LogP contribution in [0.1, 0.15) is 0 Å². The number of nitrogens with two attached hydrogens (primary N) is 1. The molecule has 0 aliphatic rings. The summed E-state index contributed by atoms with van der Waals surface area (Å²) in [4.78, 5) is 5.22. The lowest BCUT2D eigenvalue weighted by atomic mass is 10.1. The normalized spacial score (nSPS) is 10.9. The van der Waals surface area contributed by atoms with Crippen molar-refractivity contribution in [2.45, 2.75) is 0 Å². The van der Waals surface area contributed by atoms with Gasteiger partial charge < -0.3 is 10.2 Å². The first-order valence-corrected chi connectivity index (χ1v) is 5.40. The molecule has 0 atom stereocenters. The highest BCUT2D eigenvalue weighted by Gasteiger charge is 2.10. The molecular weight excluding hydrogens is 208 g/mol. The van der Waals surface area contributed by atoms with Crippen molar-refractivity contribution in [3.05, 3.63) is 36.0 Å².